The van der Waals surface area contributed by atoms with Crippen molar-refractivity contribution in [1.29, 1.82) is 0 Å². The van der Waals surface area contributed by atoms with Crippen molar-refractivity contribution >= 4 is 0 Å². The Bertz CT molecular complexity index is 265. The van der Waals surface area contributed by atoms with Gasteiger partial charge in [-0.15, -0.1) is 0 Å². The lowest BCUT2D eigenvalue weighted by atomic mass is 9.98. The molecule has 1 saturated heterocycles. The van der Waals surface area contributed by atoms with E-state index >= 15 is 0 Å². The smallest absolute Gasteiger partial charge is 0.211 e. The van der Waals surface area contributed by atoms with Gasteiger partial charge < -0.3 is 9.73 Å². The van der Waals surface area contributed by atoms with Gasteiger partial charge in [0.25, 0.3) is 0 Å². The highest BCUT2D eigenvalue weighted by Crippen LogP contribution is 2.29. The Morgan fingerprint density at radius 3 is 3.00 bits per heavy atom. The summed E-state index contributed by atoms with van der Waals surface area (Å²) in [6, 6.07) is 0.306. The maximum Gasteiger partial charge on any atom is 0.211 e. The van der Waals surface area contributed by atoms with Gasteiger partial charge in [-0.25, -0.2) is 4.98 Å². The van der Waals surface area contributed by atoms with Gasteiger partial charge in [0.05, 0.1) is 12.2 Å². The average Bonchev–Trinajstić information content (AvgIpc) is 2.75. The lowest BCUT2D eigenvalue weighted by Gasteiger charge is -2.26. The molecule has 4 nitrogen and oxygen atoms in total. The predicted octanol–water partition coefficient (Wildman–Crippen LogP) is 0.887. The first-order valence-electron chi connectivity index (χ1n) is 5.05. The average molecular weight is 195 g/mol. The summed E-state index contributed by atoms with van der Waals surface area (Å²) in [5.41, 5.74) is 0. The van der Waals surface area contributed by atoms with Crippen molar-refractivity contribution in [1.82, 2.24) is 15.2 Å². The highest BCUT2D eigenvalue weighted by Gasteiger charge is 2.30. The maximum atomic E-state index is 5.39. The summed E-state index contributed by atoms with van der Waals surface area (Å²) in [5, 5.41) is 3.37. The van der Waals surface area contributed by atoms with Gasteiger partial charge in [0.2, 0.25) is 5.89 Å². The lowest BCUT2D eigenvalue weighted by molar-refractivity contribution is 0.185. The predicted molar refractivity (Wildman–Crippen MR) is 53.9 cm³/mol. The molecular weight excluding hydrogens is 178 g/mol. The van der Waals surface area contributed by atoms with Crippen LogP contribution in [0.15, 0.2) is 16.9 Å². The van der Waals surface area contributed by atoms with Crippen molar-refractivity contribution in [2.75, 3.05) is 27.2 Å². The summed E-state index contributed by atoms with van der Waals surface area (Å²) in [4.78, 5) is 6.43. The number of hydrogen-bond acceptors (Lipinski definition) is 4. The Kier molecular flexibility index (Phi) is 2.84. The summed E-state index contributed by atoms with van der Waals surface area (Å²) in [6.45, 7) is 2.17. The third kappa shape index (κ3) is 1.81. The number of hydrogen-bond donors (Lipinski definition) is 1. The van der Waals surface area contributed by atoms with E-state index in [1.54, 1.807) is 12.5 Å². The Balaban J connectivity index is 2.15. The van der Waals surface area contributed by atoms with E-state index in [1.165, 1.54) is 6.42 Å². The van der Waals surface area contributed by atoms with Crippen molar-refractivity contribution in [3.05, 3.63) is 18.4 Å². The fraction of sp³-hybridized carbons (Fsp3) is 0.700. The first kappa shape index (κ1) is 9.68. The van der Waals surface area contributed by atoms with Gasteiger partial charge in [-0.05, 0) is 33.0 Å². The molecule has 2 atom stereocenters. The number of rotatable bonds is 3. The zero-order chi connectivity index (χ0) is 9.97. The highest BCUT2D eigenvalue weighted by atomic mass is 16.3. The molecule has 2 rings (SSSR count). The van der Waals surface area contributed by atoms with E-state index in [2.05, 4.69) is 29.3 Å². The fourth-order valence-electron chi connectivity index (χ4n) is 2.17. The SMILES string of the molecule is CN(C)C(c1ncco1)C1CCNC1. The molecule has 4 heteroatoms. The van der Waals surface area contributed by atoms with Gasteiger partial charge in [-0.1, -0.05) is 0 Å². The molecule has 0 aromatic carbocycles. The molecule has 78 valence electrons. The minimum Gasteiger partial charge on any atom is -0.447 e. The van der Waals surface area contributed by atoms with E-state index in [9.17, 15) is 0 Å². The normalized spacial score (nSPS) is 24.4. The Morgan fingerprint density at radius 2 is 2.50 bits per heavy atom. The summed E-state index contributed by atoms with van der Waals surface area (Å²) in [5.74, 6) is 1.45. The molecule has 0 amide bonds. The largest absolute Gasteiger partial charge is 0.447 e. The summed E-state index contributed by atoms with van der Waals surface area (Å²) >= 11 is 0. The van der Waals surface area contributed by atoms with Gasteiger partial charge in [0.1, 0.15) is 6.26 Å². The van der Waals surface area contributed by atoms with Crippen LogP contribution in [0.5, 0.6) is 0 Å². The molecular formula is C10H17N3O. The number of nitrogens with one attached hydrogen (secondary N) is 1. The van der Waals surface area contributed by atoms with E-state index in [0.29, 0.717) is 12.0 Å². The van der Waals surface area contributed by atoms with Crippen LogP contribution in [0.1, 0.15) is 18.4 Å². The maximum absolute atomic E-state index is 5.39. The molecule has 2 heterocycles. The molecule has 1 aromatic rings. The van der Waals surface area contributed by atoms with Gasteiger partial charge in [0.15, 0.2) is 0 Å². The first-order chi connectivity index (χ1) is 6.79. The van der Waals surface area contributed by atoms with Gasteiger partial charge in [-0.2, -0.15) is 0 Å². The van der Waals surface area contributed by atoms with Crippen LogP contribution in [0, 0.1) is 5.92 Å². The minimum atomic E-state index is 0.306. The minimum absolute atomic E-state index is 0.306. The monoisotopic (exact) mass is 195 g/mol. The van der Waals surface area contributed by atoms with Crippen molar-refractivity contribution in [2.45, 2.75) is 12.5 Å². The molecule has 1 aliphatic heterocycles. The van der Waals surface area contributed by atoms with Gasteiger partial charge in [-0.3, -0.25) is 4.90 Å². The first-order valence-corrected chi connectivity index (χ1v) is 5.05. The molecule has 1 N–H and O–H groups in total. The summed E-state index contributed by atoms with van der Waals surface area (Å²) in [6.07, 6.45) is 4.56. The molecule has 1 fully saturated rings. The molecule has 14 heavy (non-hydrogen) atoms. The van der Waals surface area contributed by atoms with Crippen molar-refractivity contribution in [3.63, 3.8) is 0 Å². The molecule has 0 bridgehead atoms. The number of oxazole rings is 1. The van der Waals surface area contributed by atoms with Crippen LogP contribution in [0.2, 0.25) is 0 Å². The second-order valence-corrected chi connectivity index (χ2v) is 4.03. The standard InChI is InChI=1S/C10H17N3O/c1-13(2)9(8-3-4-11-7-8)10-12-5-6-14-10/h5-6,8-9,11H,3-4,7H2,1-2H3. The molecule has 0 spiro atoms. The van der Waals surface area contributed by atoms with E-state index in [1.807, 2.05) is 0 Å². The third-order valence-electron chi connectivity index (χ3n) is 2.81. The van der Waals surface area contributed by atoms with Crippen LogP contribution >= 0.6 is 0 Å². The fourth-order valence-corrected chi connectivity index (χ4v) is 2.17. The zero-order valence-corrected chi connectivity index (χ0v) is 8.73. The second-order valence-electron chi connectivity index (χ2n) is 4.03. The van der Waals surface area contributed by atoms with Crippen LogP contribution < -0.4 is 5.32 Å². The van der Waals surface area contributed by atoms with Crippen LogP contribution in [-0.4, -0.2) is 37.1 Å². The topological polar surface area (TPSA) is 41.3 Å². The van der Waals surface area contributed by atoms with Crippen LogP contribution in [-0.2, 0) is 0 Å². The van der Waals surface area contributed by atoms with Crippen molar-refractivity contribution in [3.8, 4) is 0 Å². The molecule has 0 radical (unpaired) electrons. The molecule has 2 unspecified atom stereocenters. The van der Waals surface area contributed by atoms with Crippen molar-refractivity contribution < 1.29 is 4.42 Å². The van der Waals surface area contributed by atoms with Gasteiger partial charge in [0, 0.05) is 6.54 Å². The molecule has 0 aliphatic carbocycles. The molecule has 1 aromatic heterocycles. The Hall–Kier alpha value is -0.870. The number of nitrogens with zero attached hydrogens (tertiary/aromatic N) is 2. The van der Waals surface area contributed by atoms with E-state index < -0.39 is 0 Å². The zero-order valence-electron chi connectivity index (χ0n) is 8.73. The Labute approximate surface area is 84.3 Å². The van der Waals surface area contributed by atoms with E-state index in [4.69, 9.17) is 4.42 Å². The Morgan fingerprint density at radius 1 is 1.64 bits per heavy atom. The van der Waals surface area contributed by atoms with Crippen LogP contribution in [0.3, 0.4) is 0 Å². The van der Waals surface area contributed by atoms with Gasteiger partial charge >= 0.3 is 0 Å². The summed E-state index contributed by atoms with van der Waals surface area (Å²) < 4.78 is 5.39. The highest BCUT2D eigenvalue weighted by molar-refractivity contribution is 4.96. The van der Waals surface area contributed by atoms with Crippen LogP contribution in [0.4, 0.5) is 0 Å². The van der Waals surface area contributed by atoms with E-state index in [0.717, 1.165) is 19.0 Å². The number of aromatic nitrogens is 1. The molecule has 1 aliphatic rings. The second kappa shape index (κ2) is 4.11. The molecule has 0 saturated carbocycles. The third-order valence-corrected chi connectivity index (χ3v) is 2.81. The van der Waals surface area contributed by atoms with Crippen LogP contribution in [0.25, 0.3) is 0 Å². The van der Waals surface area contributed by atoms with E-state index in [-0.39, 0.29) is 0 Å². The quantitative estimate of drug-likeness (QED) is 0.777. The summed E-state index contributed by atoms with van der Waals surface area (Å²) in [7, 11) is 4.15. The lowest BCUT2D eigenvalue weighted by Crippen LogP contribution is -2.29. The van der Waals surface area contributed by atoms with Crippen molar-refractivity contribution in [2.24, 2.45) is 5.92 Å².